The Hall–Kier alpha value is -1.56. The van der Waals surface area contributed by atoms with E-state index >= 15 is 0 Å². The Kier molecular flexibility index (Phi) is 4.32. The summed E-state index contributed by atoms with van der Waals surface area (Å²) in [4.78, 5) is 12.3. The molecule has 4 N–H and O–H groups in total. The van der Waals surface area contributed by atoms with Gasteiger partial charge in [-0.05, 0) is 26.7 Å². The minimum atomic E-state index is -0.204. The van der Waals surface area contributed by atoms with E-state index in [0.29, 0.717) is 30.2 Å². The maximum atomic E-state index is 12.3. The number of anilines is 1. The molecule has 0 radical (unpaired) electrons. The van der Waals surface area contributed by atoms with Gasteiger partial charge in [-0.3, -0.25) is 9.48 Å². The van der Waals surface area contributed by atoms with E-state index in [0.717, 1.165) is 25.7 Å². The van der Waals surface area contributed by atoms with Gasteiger partial charge in [0.15, 0.2) is 0 Å². The highest BCUT2D eigenvalue weighted by molar-refractivity contribution is 5.98. The molecule has 2 rings (SSSR count). The summed E-state index contributed by atoms with van der Waals surface area (Å²) < 4.78 is 1.63. The van der Waals surface area contributed by atoms with E-state index < -0.39 is 0 Å². The van der Waals surface area contributed by atoms with Crippen molar-refractivity contribution in [2.45, 2.75) is 46.1 Å². The molecule has 1 aliphatic rings. The van der Waals surface area contributed by atoms with Gasteiger partial charge in [0.05, 0.1) is 18.0 Å². The molecular formula is C14H24N4O2. The van der Waals surface area contributed by atoms with Gasteiger partial charge in [-0.25, -0.2) is 0 Å². The molecule has 0 spiro atoms. The van der Waals surface area contributed by atoms with Crippen molar-refractivity contribution in [3.8, 4) is 0 Å². The van der Waals surface area contributed by atoms with Gasteiger partial charge in [0.25, 0.3) is 5.91 Å². The van der Waals surface area contributed by atoms with Crippen LogP contribution in [0.5, 0.6) is 0 Å². The molecule has 0 aliphatic heterocycles. The van der Waals surface area contributed by atoms with Crippen LogP contribution in [0.2, 0.25) is 0 Å². The Morgan fingerprint density at radius 1 is 1.50 bits per heavy atom. The van der Waals surface area contributed by atoms with Crippen LogP contribution in [0, 0.1) is 12.3 Å². The fourth-order valence-electron chi connectivity index (χ4n) is 2.93. The van der Waals surface area contributed by atoms with Crippen LogP contribution in [0.15, 0.2) is 0 Å². The monoisotopic (exact) mass is 280 g/mol. The van der Waals surface area contributed by atoms with Crippen LogP contribution in [-0.4, -0.2) is 33.9 Å². The van der Waals surface area contributed by atoms with Crippen molar-refractivity contribution in [1.82, 2.24) is 15.1 Å². The average Bonchev–Trinajstić information content (AvgIpc) is 3.03. The molecule has 1 aliphatic carbocycles. The van der Waals surface area contributed by atoms with Crippen molar-refractivity contribution < 1.29 is 9.90 Å². The number of rotatable bonds is 5. The molecule has 6 heteroatoms. The molecule has 0 unspecified atom stereocenters. The molecule has 6 nitrogen and oxygen atoms in total. The summed E-state index contributed by atoms with van der Waals surface area (Å²) >= 11 is 0. The summed E-state index contributed by atoms with van der Waals surface area (Å²) in [6, 6.07) is 0. The zero-order valence-corrected chi connectivity index (χ0v) is 12.3. The molecule has 1 amide bonds. The molecule has 20 heavy (non-hydrogen) atoms. The summed E-state index contributed by atoms with van der Waals surface area (Å²) in [6.45, 7) is 4.94. The van der Waals surface area contributed by atoms with E-state index in [-0.39, 0.29) is 17.9 Å². The van der Waals surface area contributed by atoms with Crippen LogP contribution in [0.1, 0.15) is 48.8 Å². The van der Waals surface area contributed by atoms with Gasteiger partial charge in [0.1, 0.15) is 5.69 Å². The van der Waals surface area contributed by atoms with Crippen LogP contribution in [0.3, 0.4) is 0 Å². The van der Waals surface area contributed by atoms with Gasteiger partial charge in [-0.2, -0.15) is 5.10 Å². The van der Waals surface area contributed by atoms with Gasteiger partial charge >= 0.3 is 0 Å². The van der Waals surface area contributed by atoms with Crippen LogP contribution < -0.4 is 11.1 Å². The maximum absolute atomic E-state index is 12.3. The van der Waals surface area contributed by atoms with Crippen molar-refractivity contribution in [1.29, 1.82) is 0 Å². The Morgan fingerprint density at radius 3 is 2.70 bits per heavy atom. The van der Waals surface area contributed by atoms with Crippen LogP contribution >= 0.6 is 0 Å². The second kappa shape index (κ2) is 5.83. The first kappa shape index (κ1) is 14.8. The molecule has 0 atom stereocenters. The quantitative estimate of drug-likeness (QED) is 0.752. The van der Waals surface area contributed by atoms with Crippen LogP contribution in [0.4, 0.5) is 5.69 Å². The topological polar surface area (TPSA) is 93.2 Å². The van der Waals surface area contributed by atoms with Gasteiger partial charge in [0, 0.05) is 18.5 Å². The minimum absolute atomic E-state index is 0.120. The lowest BCUT2D eigenvalue weighted by atomic mass is 9.87. The number of aliphatic hydroxyl groups is 1. The lowest BCUT2D eigenvalue weighted by Crippen LogP contribution is -2.39. The number of nitrogens with two attached hydrogens (primary N) is 1. The summed E-state index contributed by atoms with van der Waals surface area (Å²) in [6.07, 6.45) is 4.16. The summed E-state index contributed by atoms with van der Waals surface area (Å²) in [7, 11) is 0. The molecule has 0 bridgehead atoms. The number of carbonyl (C=O) groups is 1. The first-order valence-corrected chi connectivity index (χ1v) is 7.25. The molecule has 0 saturated heterocycles. The SMILES string of the molecule is CCn1nc(C)c(N)c1C(=O)NCC1(CO)CCCC1. The summed E-state index contributed by atoms with van der Waals surface area (Å²) in [5, 5.41) is 16.7. The van der Waals surface area contributed by atoms with Crippen LogP contribution in [0.25, 0.3) is 0 Å². The zero-order chi connectivity index (χ0) is 14.8. The van der Waals surface area contributed by atoms with Gasteiger partial charge < -0.3 is 16.2 Å². The molecule has 1 aromatic heterocycles. The van der Waals surface area contributed by atoms with E-state index in [2.05, 4.69) is 10.4 Å². The molecule has 1 saturated carbocycles. The van der Waals surface area contributed by atoms with Crippen molar-refractivity contribution in [3.63, 3.8) is 0 Å². The number of nitrogen functional groups attached to an aromatic ring is 1. The lowest BCUT2D eigenvalue weighted by Gasteiger charge is -2.26. The predicted octanol–water partition coefficient (Wildman–Crippen LogP) is 1.08. The molecule has 0 aromatic carbocycles. The normalized spacial score (nSPS) is 17.4. The van der Waals surface area contributed by atoms with Crippen molar-refractivity contribution in [2.75, 3.05) is 18.9 Å². The third kappa shape index (κ3) is 2.65. The summed E-state index contributed by atoms with van der Waals surface area (Å²) in [5.74, 6) is -0.204. The van der Waals surface area contributed by atoms with Crippen molar-refractivity contribution in [3.05, 3.63) is 11.4 Å². The third-order valence-corrected chi connectivity index (χ3v) is 4.31. The molecule has 1 aromatic rings. The maximum Gasteiger partial charge on any atom is 0.271 e. The smallest absolute Gasteiger partial charge is 0.271 e. The number of hydrogen-bond donors (Lipinski definition) is 3. The van der Waals surface area contributed by atoms with Crippen LogP contribution in [-0.2, 0) is 6.54 Å². The molecule has 1 fully saturated rings. The Balaban J connectivity index is 2.09. The Bertz CT molecular complexity index is 490. The Morgan fingerprint density at radius 2 is 2.15 bits per heavy atom. The first-order valence-electron chi connectivity index (χ1n) is 7.25. The number of carbonyl (C=O) groups excluding carboxylic acids is 1. The number of amides is 1. The van der Waals surface area contributed by atoms with E-state index in [1.807, 2.05) is 6.92 Å². The van der Waals surface area contributed by atoms with Crippen molar-refractivity contribution in [2.24, 2.45) is 5.41 Å². The van der Waals surface area contributed by atoms with Gasteiger partial charge in [0.2, 0.25) is 0 Å². The van der Waals surface area contributed by atoms with E-state index in [1.54, 1.807) is 11.6 Å². The largest absolute Gasteiger partial charge is 0.396 e. The number of nitrogens with one attached hydrogen (secondary N) is 1. The number of aromatic nitrogens is 2. The first-order chi connectivity index (χ1) is 9.53. The molecule has 1 heterocycles. The van der Waals surface area contributed by atoms with Gasteiger partial charge in [-0.15, -0.1) is 0 Å². The standard InChI is InChI=1S/C14H24N4O2/c1-3-18-12(11(15)10(2)17-18)13(20)16-8-14(9-19)6-4-5-7-14/h19H,3-9,15H2,1-2H3,(H,16,20). The van der Waals surface area contributed by atoms with E-state index in [1.165, 1.54) is 0 Å². The lowest BCUT2D eigenvalue weighted by molar-refractivity contribution is 0.0871. The minimum Gasteiger partial charge on any atom is -0.396 e. The molecular weight excluding hydrogens is 256 g/mol. The summed E-state index contributed by atoms with van der Waals surface area (Å²) in [5.41, 5.74) is 7.32. The molecule has 112 valence electrons. The van der Waals surface area contributed by atoms with Crippen molar-refractivity contribution >= 4 is 11.6 Å². The Labute approximate surface area is 119 Å². The second-order valence-corrected chi connectivity index (χ2v) is 5.71. The highest BCUT2D eigenvalue weighted by Crippen LogP contribution is 2.37. The fourth-order valence-corrected chi connectivity index (χ4v) is 2.93. The highest BCUT2D eigenvalue weighted by atomic mass is 16.3. The third-order valence-electron chi connectivity index (χ3n) is 4.31. The highest BCUT2D eigenvalue weighted by Gasteiger charge is 2.34. The number of nitrogens with zero attached hydrogens (tertiary/aromatic N) is 2. The zero-order valence-electron chi connectivity index (χ0n) is 12.3. The predicted molar refractivity (Wildman–Crippen MR) is 77.4 cm³/mol. The van der Waals surface area contributed by atoms with E-state index in [4.69, 9.17) is 5.73 Å². The van der Waals surface area contributed by atoms with Gasteiger partial charge in [-0.1, -0.05) is 12.8 Å². The second-order valence-electron chi connectivity index (χ2n) is 5.71. The number of aliphatic hydroxyl groups excluding tert-OH is 1. The van der Waals surface area contributed by atoms with E-state index in [9.17, 15) is 9.90 Å². The number of hydrogen-bond acceptors (Lipinski definition) is 4. The fraction of sp³-hybridized carbons (Fsp3) is 0.714. The average molecular weight is 280 g/mol. The number of aryl methyl sites for hydroxylation is 2.